The second kappa shape index (κ2) is 4.78. The lowest BCUT2D eigenvalue weighted by Crippen LogP contribution is -1.94. The molecule has 96 valence electrons. The van der Waals surface area contributed by atoms with E-state index in [1.165, 1.54) is 0 Å². The van der Waals surface area contributed by atoms with Gasteiger partial charge in [-0.1, -0.05) is 0 Å². The molecule has 4 nitrogen and oxygen atoms in total. The number of nitrogens with zero attached hydrogens (tertiary/aromatic N) is 1. The minimum atomic E-state index is 0.667. The largest absolute Gasteiger partial charge is 0.497 e. The average molecular weight is 271 g/mol. The summed E-state index contributed by atoms with van der Waals surface area (Å²) < 4.78 is 6.36. The molecule has 0 aliphatic rings. The summed E-state index contributed by atoms with van der Waals surface area (Å²) in [5, 5.41) is 3.32. The fraction of sp³-hybridized carbons (Fsp3) is 0.0714. The van der Waals surface area contributed by atoms with Gasteiger partial charge in [-0.15, -0.1) is 11.3 Å². The van der Waals surface area contributed by atoms with Gasteiger partial charge in [0.05, 0.1) is 22.8 Å². The van der Waals surface area contributed by atoms with Crippen molar-refractivity contribution in [1.82, 2.24) is 4.98 Å². The minimum Gasteiger partial charge on any atom is -0.497 e. The number of nitrogen functional groups attached to an aromatic ring is 1. The maximum atomic E-state index is 5.83. The average Bonchev–Trinajstić information content (AvgIpc) is 2.85. The van der Waals surface area contributed by atoms with E-state index in [-0.39, 0.29) is 0 Å². The fourth-order valence-corrected chi connectivity index (χ4v) is 2.63. The molecule has 19 heavy (non-hydrogen) atoms. The summed E-state index contributed by atoms with van der Waals surface area (Å²) >= 11 is 1.62. The van der Waals surface area contributed by atoms with Gasteiger partial charge in [0.1, 0.15) is 5.75 Å². The van der Waals surface area contributed by atoms with Gasteiger partial charge in [0.25, 0.3) is 0 Å². The van der Waals surface area contributed by atoms with Crippen molar-refractivity contribution in [1.29, 1.82) is 0 Å². The topological polar surface area (TPSA) is 60.2 Å². The minimum absolute atomic E-state index is 0.667. The zero-order valence-corrected chi connectivity index (χ0v) is 11.2. The highest BCUT2D eigenvalue weighted by Crippen LogP contribution is 2.27. The Bertz CT molecular complexity index is 724. The first-order valence-corrected chi connectivity index (χ1v) is 6.67. The Morgan fingerprint density at radius 2 is 2.05 bits per heavy atom. The van der Waals surface area contributed by atoms with Gasteiger partial charge in [0.15, 0.2) is 0 Å². The molecule has 1 heterocycles. The molecule has 3 aromatic rings. The molecule has 0 aliphatic heterocycles. The van der Waals surface area contributed by atoms with E-state index >= 15 is 0 Å². The number of rotatable bonds is 3. The Labute approximate surface area is 114 Å². The molecule has 5 heteroatoms. The van der Waals surface area contributed by atoms with E-state index in [2.05, 4.69) is 16.4 Å². The molecule has 0 radical (unpaired) electrons. The number of methoxy groups -OCH3 is 1. The molecule has 0 amide bonds. The van der Waals surface area contributed by atoms with Gasteiger partial charge >= 0.3 is 0 Å². The van der Waals surface area contributed by atoms with Crippen molar-refractivity contribution >= 4 is 38.6 Å². The second-order valence-electron chi connectivity index (χ2n) is 4.15. The Morgan fingerprint density at radius 3 is 2.89 bits per heavy atom. The van der Waals surface area contributed by atoms with Crippen LogP contribution in [0, 0.1) is 0 Å². The van der Waals surface area contributed by atoms with E-state index in [0.29, 0.717) is 5.69 Å². The number of ether oxygens (including phenoxy) is 1. The number of fused-ring (bicyclic) bond motifs is 1. The highest BCUT2D eigenvalue weighted by atomic mass is 32.1. The zero-order chi connectivity index (χ0) is 13.2. The molecular weight excluding hydrogens is 258 g/mol. The van der Waals surface area contributed by atoms with E-state index in [0.717, 1.165) is 27.3 Å². The van der Waals surface area contributed by atoms with Crippen molar-refractivity contribution in [3.8, 4) is 5.75 Å². The maximum absolute atomic E-state index is 5.83. The van der Waals surface area contributed by atoms with E-state index in [4.69, 9.17) is 10.5 Å². The number of hydrogen-bond donors (Lipinski definition) is 2. The molecule has 0 saturated heterocycles. The number of nitrogens with one attached hydrogen (secondary N) is 1. The van der Waals surface area contributed by atoms with Gasteiger partial charge in [0.2, 0.25) is 0 Å². The molecular formula is C14H13N3OS. The first-order chi connectivity index (χ1) is 9.24. The van der Waals surface area contributed by atoms with E-state index < -0.39 is 0 Å². The third-order valence-corrected chi connectivity index (χ3v) is 3.58. The molecule has 3 rings (SSSR count). The number of benzene rings is 2. The number of aromatic nitrogens is 1. The van der Waals surface area contributed by atoms with Crippen LogP contribution in [0.4, 0.5) is 17.1 Å². The second-order valence-corrected chi connectivity index (χ2v) is 5.04. The van der Waals surface area contributed by atoms with Crippen LogP contribution < -0.4 is 15.8 Å². The molecule has 0 unspecified atom stereocenters. The quantitative estimate of drug-likeness (QED) is 0.714. The van der Waals surface area contributed by atoms with Crippen molar-refractivity contribution in [2.24, 2.45) is 0 Å². The number of thiazole rings is 1. The van der Waals surface area contributed by atoms with Crippen LogP contribution in [-0.2, 0) is 0 Å². The standard InChI is InChI=1S/C14H13N3OS/c1-18-12-5-9(15)4-11(6-12)17-10-2-3-13-14(7-10)19-8-16-13/h2-8,17H,15H2,1H3. The summed E-state index contributed by atoms with van der Waals surface area (Å²) in [7, 11) is 1.63. The molecule has 0 fully saturated rings. The third kappa shape index (κ3) is 2.46. The molecule has 0 aliphatic carbocycles. The molecule has 2 aromatic carbocycles. The van der Waals surface area contributed by atoms with Crippen LogP contribution in [0.5, 0.6) is 5.75 Å². The number of anilines is 3. The lowest BCUT2D eigenvalue weighted by Gasteiger charge is -2.09. The lowest BCUT2D eigenvalue weighted by molar-refractivity contribution is 0.415. The van der Waals surface area contributed by atoms with Crippen LogP contribution in [0.2, 0.25) is 0 Å². The Morgan fingerprint density at radius 1 is 1.16 bits per heavy atom. The van der Waals surface area contributed by atoms with Gasteiger partial charge in [-0.25, -0.2) is 4.98 Å². The van der Waals surface area contributed by atoms with Crippen molar-refractivity contribution < 1.29 is 4.74 Å². The lowest BCUT2D eigenvalue weighted by atomic mass is 10.2. The smallest absolute Gasteiger partial charge is 0.122 e. The summed E-state index contributed by atoms with van der Waals surface area (Å²) in [5.74, 6) is 0.737. The molecule has 0 bridgehead atoms. The predicted octanol–water partition coefficient (Wildman–Crippen LogP) is 3.63. The summed E-state index contributed by atoms with van der Waals surface area (Å²) in [4.78, 5) is 4.26. The highest BCUT2D eigenvalue weighted by molar-refractivity contribution is 7.16. The van der Waals surface area contributed by atoms with Gasteiger partial charge in [-0.3, -0.25) is 0 Å². The van der Waals surface area contributed by atoms with Crippen LogP contribution in [-0.4, -0.2) is 12.1 Å². The van der Waals surface area contributed by atoms with Gasteiger partial charge in [-0.05, 0) is 24.3 Å². The van der Waals surface area contributed by atoms with Crippen molar-refractivity contribution in [3.05, 3.63) is 41.9 Å². The van der Waals surface area contributed by atoms with Crippen molar-refractivity contribution in [3.63, 3.8) is 0 Å². The molecule has 0 atom stereocenters. The van der Waals surface area contributed by atoms with E-state index in [1.54, 1.807) is 24.5 Å². The first kappa shape index (κ1) is 11.8. The van der Waals surface area contributed by atoms with E-state index in [1.807, 2.05) is 29.8 Å². The van der Waals surface area contributed by atoms with Crippen LogP contribution in [0.1, 0.15) is 0 Å². The van der Waals surface area contributed by atoms with Crippen LogP contribution in [0.25, 0.3) is 10.2 Å². The number of hydrogen-bond acceptors (Lipinski definition) is 5. The van der Waals surface area contributed by atoms with Crippen LogP contribution in [0.3, 0.4) is 0 Å². The van der Waals surface area contributed by atoms with Crippen molar-refractivity contribution in [2.45, 2.75) is 0 Å². The maximum Gasteiger partial charge on any atom is 0.122 e. The van der Waals surface area contributed by atoms with Gasteiger partial charge in [-0.2, -0.15) is 0 Å². The summed E-state index contributed by atoms with van der Waals surface area (Å²) in [6.07, 6.45) is 0. The number of nitrogens with two attached hydrogens (primary N) is 1. The zero-order valence-electron chi connectivity index (χ0n) is 10.4. The Balaban J connectivity index is 1.93. The van der Waals surface area contributed by atoms with Crippen molar-refractivity contribution in [2.75, 3.05) is 18.2 Å². The van der Waals surface area contributed by atoms with Crippen LogP contribution in [0.15, 0.2) is 41.9 Å². The summed E-state index contributed by atoms with van der Waals surface area (Å²) in [5.41, 5.74) is 11.3. The van der Waals surface area contributed by atoms with Gasteiger partial charge < -0.3 is 15.8 Å². The summed E-state index contributed by atoms with van der Waals surface area (Å²) in [6, 6.07) is 11.6. The molecule has 0 spiro atoms. The summed E-state index contributed by atoms with van der Waals surface area (Å²) in [6.45, 7) is 0. The van der Waals surface area contributed by atoms with E-state index in [9.17, 15) is 0 Å². The predicted molar refractivity (Wildman–Crippen MR) is 80.3 cm³/mol. The van der Waals surface area contributed by atoms with Crippen LogP contribution >= 0.6 is 11.3 Å². The molecule has 0 saturated carbocycles. The first-order valence-electron chi connectivity index (χ1n) is 5.79. The Hall–Kier alpha value is -2.27. The molecule has 1 aromatic heterocycles. The monoisotopic (exact) mass is 271 g/mol. The van der Waals surface area contributed by atoms with Gasteiger partial charge in [0, 0.05) is 29.2 Å². The highest BCUT2D eigenvalue weighted by Gasteiger charge is 2.02. The fourth-order valence-electron chi connectivity index (χ4n) is 1.91. The third-order valence-electron chi connectivity index (χ3n) is 2.78. The Kier molecular flexibility index (Phi) is 2.97. The molecule has 3 N–H and O–H groups in total. The SMILES string of the molecule is COc1cc(N)cc(Nc2ccc3ncsc3c2)c1. The normalized spacial score (nSPS) is 10.6.